The lowest BCUT2D eigenvalue weighted by molar-refractivity contribution is 0.802. The van der Waals surface area contributed by atoms with Crippen LogP contribution in [-0.2, 0) is 0 Å². The molecule has 0 unspecified atom stereocenters. The predicted octanol–water partition coefficient (Wildman–Crippen LogP) is 3.05. The van der Waals surface area contributed by atoms with Crippen LogP contribution < -0.4 is 16.8 Å². The Hall–Kier alpha value is -3.42. The number of aromatic amines is 1. The van der Waals surface area contributed by atoms with Crippen molar-refractivity contribution in [3.8, 4) is 22.5 Å². The maximum absolute atomic E-state index is 13.2. The molecule has 1 aromatic carbocycles. The van der Waals surface area contributed by atoms with Gasteiger partial charge in [0.1, 0.15) is 0 Å². The fourth-order valence-corrected chi connectivity index (χ4v) is 3.42. The Morgan fingerprint density at radius 2 is 1.69 bits per heavy atom. The Bertz CT molecular complexity index is 1350. The molecule has 0 saturated carbocycles. The molecule has 4 aromatic rings. The Kier molecular flexibility index (Phi) is 4.92. The van der Waals surface area contributed by atoms with Crippen LogP contribution >= 0.6 is 23.2 Å². The van der Waals surface area contributed by atoms with E-state index < -0.39 is 11.2 Å². The maximum Gasteiger partial charge on any atom is 0.340 e. The van der Waals surface area contributed by atoms with Crippen LogP contribution in [0.2, 0.25) is 10.0 Å². The second kappa shape index (κ2) is 7.54. The third kappa shape index (κ3) is 3.65. The molecule has 3 heterocycles. The Balaban J connectivity index is 2.10. The zero-order valence-electron chi connectivity index (χ0n) is 14.7. The fourth-order valence-electron chi connectivity index (χ4n) is 2.91. The Morgan fingerprint density at radius 3 is 2.31 bits per heavy atom. The van der Waals surface area contributed by atoms with Gasteiger partial charge in [-0.05, 0) is 36.4 Å². The van der Waals surface area contributed by atoms with Crippen LogP contribution in [0.25, 0.3) is 22.5 Å². The molecule has 0 bridgehead atoms. The van der Waals surface area contributed by atoms with E-state index in [1.54, 1.807) is 24.3 Å². The lowest BCUT2D eigenvalue weighted by Gasteiger charge is -2.14. The molecule has 144 valence electrons. The molecule has 0 aliphatic rings. The molecule has 0 spiro atoms. The van der Waals surface area contributed by atoms with Crippen molar-refractivity contribution in [1.29, 1.82) is 0 Å². The molecule has 0 aliphatic heterocycles. The summed E-state index contributed by atoms with van der Waals surface area (Å²) in [6.07, 6.45) is 5.75. The summed E-state index contributed by atoms with van der Waals surface area (Å²) in [6, 6.07) is 10.7. The number of rotatable bonds is 3. The first-order valence-corrected chi connectivity index (χ1v) is 9.14. The highest BCUT2D eigenvalue weighted by Crippen LogP contribution is 2.22. The molecule has 4 rings (SSSR count). The van der Waals surface area contributed by atoms with Gasteiger partial charge >= 0.3 is 5.69 Å². The van der Waals surface area contributed by atoms with Gasteiger partial charge in [0.05, 0.1) is 23.1 Å². The van der Waals surface area contributed by atoms with Crippen LogP contribution in [0.3, 0.4) is 0 Å². The van der Waals surface area contributed by atoms with E-state index in [1.807, 2.05) is 0 Å². The number of pyridine rings is 2. The van der Waals surface area contributed by atoms with Crippen LogP contribution in [0.5, 0.6) is 0 Å². The molecular formula is C20H12Cl2N4O3. The largest absolute Gasteiger partial charge is 0.340 e. The van der Waals surface area contributed by atoms with E-state index in [0.717, 1.165) is 4.57 Å². The summed E-state index contributed by atoms with van der Waals surface area (Å²) >= 11 is 12.2. The molecule has 29 heavy (non-hydrogen) atoms. The van der Waals surface area contributed by atoms with E-state index in [-0.39, 0.29) is 11.1 Å². The van der Waals surface area contributed by atoms with Crippen molar-refractivity contribution in [3.05, 3.63) is 108 Å². The van der Waals surface area contributed by atoms with Gasteiger partial charge in [-0.3, -0.25) is 19.1 Å². The van der Waals surface area contributed by atoms with Gasteiger partial charge in [0.2, 0.25) is 5.56 Å². The molecule has 3 aromatic heterocycles. The quantitative estimate of drug-likeness (QED) is 0.544. The van der Waals surface area contributed by atoms with Crippen molar-refractivity contribution in [1.82, 2.24) is 19.1 Å². The average molecular weight is 427 g/mol. The molecule has 0 atom stereocenters. The van der Waals surface area contributed by atoms with Crippen LogP contribution in [0.15, 0.2) is 81.6 Å². The normalized spacial score (nSPS) is 10.8. The molecule has 0 aliphatic carbocycles. The average Bonchev–Trinajstić information content (AvgIpc) is 2.69. The van der Waals surface area contributed by atoms with Crippen molar-refractivity contribution < 1.29 is 0 Å². The Morgan fingerprint density at radius 1 is 0.931 bits per heavy atom. The minimum absolute atomic E-state index is 0.195. The van der Waals surface area contributed by atoms with E-state index in [2.05, 4.69) is 9.97 Å². The summed E-state index contributed by atoms with van der Waals surface area (Å²) in [7, 11) is 0. The summed E-state index contributed by atoms with van der Waals surface area (Å²) < 4.78 is 2.27. The van der Waals surface area contributed by atoms with Gasteiger partial charge in [0.25, 0.3) is 5.56 Å². The number of hydrogen-bond donors (Lipinski definition) is 1. The van der Waals surface area contributed by atoms with E-state index >= 15 is 0 Å². The smallest absolute Gasteiger partial charge is 0.328 e. The van der Waals surface area contributed by atoms with Gasteiger partial charge in [-0.15, -0.1) is 0 Å². The first kappa shape index (κ1) is 18.9. The maximum atomic E-state index is 13.2. The van der Waals surface area contributed by atoms with Crippen molar-refractivity contribution >= 4 is 23.2 Å². The lowest BCUT2D eigenvalue weighted by atomic mass is 10.1. The van der Waals surface area contributed by atoms with Gasteiger partial charge in [-0.2, -0.15) is 0 Å². The summed E-state index contributed by atoms with van der Waals surface area (Å²) in [5.41, 5.74) is -0.161. The van der Waals surface area contributed by atoms with Crippen molar-refractivity contribution in [2.75, 3.05) is 0 Å². The molecule has 0 saturated heterocycles. The standard InChI is InChI=1S/C20H12Cl2N4O3/c21-13-6-14(22)8-16(7-13)25-11-17(12-3-4-18(27)24-9-12)19(28)26(20(25)29)15-2-1-5-23-10-15/h1-11H,(H,24,27). The molecule has 0 fully saturated rings. The fraction of sp³-hybridized carbons (Fsp3) is 0. The highest BCUT2D eigenvalue weighted by molar-refractivity contribution is 6.34. The monoisotopic (exact) mass is 426 g/mol. The first-order valence-electron chi connectivity index (χ1n) is 8.39. The van der Waals surface area contributed by atoms with E-state index in [1.165, 1.54) is 47.6 Å². The molecule has 1 N–H and O–H groups in total. The Labute approximate surface area is 173 Å². The highest BCUT2D eigenvalue weighted by Gasteiger charge is 2.16. The van der Waals surface area contributed by atoms with E-state index in [9.17, 15) is 14.4 Å². The second-order valence-electron chi connectivity index (χ2n) is 6.12. The molecular weight excluding hydrogens is 415 g/mol. The molecule has 7 nitrogen and oxygen atoms in total. The topological polar surface area (TPSA) is 89.8 Å². The molecule has 9 heteroatoms. The van der Waals surface area contributed by atoms with Gasteiger partial charge in [0, 0.05) is 40.3 Å². The first-order chi connectivity index (χ1) is 13.9. The second-order valence-corrected chi connectivity index (χ2v) is 6.99. The number of halogens is 2. The minimum Gasteiger partial charge on any atom is -0.328 e. The number of benzene rings is 1. The van der Waals surface area contributed by atoms with Gasteiger partial charge in [-0.25, -0.2) is 9.36 Å². The van der Waals surface area contributed by atoms with Crippen molar-refractivity contribution in [3.63, 3.8) is 0 Å². The minimum atomic E-state index is -0.616. The highest BCUT2D eigenvalue weighted by atomic mass is 35.5. The number of H-pyrrole nitrogens is 1. The number of aromatic nitrogens is 4. The van der Waals surface area contributed by atoms with Crippen LogP contribution in [-0.4, -0.2) is 19.1 Å². The summed E-state index contributed by atoms with van der Waals surface area (Å²) in [5.74, 6) is 0. The van der Waals surface area contributed by atoms with E-state index in [4.69, 9.17) is 23.2 Å². The van der Waals surface area contributed by atoms with Crippen molar-refractivity contribution in [2.24, 2.45) is 0 Å². The van der Waals surface area contributed by atoms with Gasteiger partial charge < -0.3 is 4.98 Å². The van der Waals surface area contributed by atoms with Gasteiger partial charge in [0.15, 0.2) is 0 Å². The molecule has 0 radical (unpaired) electrons. The number of hydrogen-bond acceptors (Lipinski definition) is 4. The summed E-state index contributed by atoms with van der Waals surface area (Å²) in [5, 5.41) is 0.674. The number of nitrogens with one attached hydrogen (secondary N) is 1. The van der Waals surface area contributed by atoms with E-state index in [0.29, 0.717) is 27.0 Å². The van der Waals surface area contributed by atoms with Crippen LogP contribution in [0.1, 0.15) is 0 Å². The third-order valence-corrected chi connectivity index (χ3v) is 4.65. The zero-order valence-corrected chi connectivity index (χ0v) is 16.2. The third-order valence-electron chi connectivity index (χ3n) is 4.21. The SMILES string of the molecule is O=c1ccc(-c2cn(-c3cc(Cl)cc(Cl)c3)c(=O)n(-c3cccnc3)c2=O)c[nH]1. The number of nitrogens with zero attached hydrogens (tertiary/aromatic N) is 3. The summed E-state index contributed by atoms with van der Waals surface area (Å²) in [6.45, 7) is 0. The lowest BCUT2D eigenvalue weighted by Crippen LogP contribution is -2.38. The molecule has 0 amide bonds. The van der Waals surface area contributed by atoms with Crippen LogP contribution in [0.4, 0.5) is 0 Å². The predicted molar refractivity (Wildman–Crippen MR) is 112 cm³/mol. The summed E-state index contributed by atoms with van der Waals surface area (Å²) in [4.78, 5) is 44.3. The van der Waals surface area contributed by atoms with Crippen molar-refractivity contribution in [2.45, 2.75) is 0 Å². The van der Waals surface area contributed by atoms with Crippen LogP contribution in [0, 0.1) is 0 Å². The van der Waals surface area contributed by atoms with Gasteiger partial charge in [-0.1, -0.05) is 23.2 Å². The zero-order chi connectivity index (χ0) is 20.5.